The summed E-state index contributed by atoms with van der Waals surface area (Å²) in [5.41, 5.74) is 1.37. The number of nitrogens with zero attached hydrogens (tertiary/aromatic N) is 3. The quantitative estimate of drug-likeness (QED) is 0.790. The molecule has 0 radical (unpaired) electrons. The van der Waals surface area contributed by atoms with E-state index in [1.807, 2.05) is 22.7 Å². The standard InChI is InChI=1S/C17H22N4O3/c22-10-2-6-18-16(23)13-4-8-20(9-5-13)17(24)15-11-14-3-1-7-21(14)12-19-15/h1,3,7,11-13,22H,2,4-6,8-10H2,(H,18,23). The first kappa shape index (κ1) is 16.4. The molecule has 2 aromatic heterocycles. The molecule has 0 aliphatic carbocycles. The lowest BCUT2D eigenvalue weighted by Crippen LogP contribution is -2.43. The van der Waals surface area contributed by atoms with E-state index in [2.05, 4.69) is 10.3 Å². The van der Waals surface area contributed by atoms with Crippen molar-refractivity contribution >= 4 is 17.3 Å². The molecule has 128 valence electrons. The SMILES string of the molecule is O=C(NCCCO)C1CCN(C(=O)c2cc3cccn3cn2)CC1. The van der Waals surface area contributed by atoms with Gasteiger partial charge in [0.1, 0.15) is 5.69 Å². The average Bonchev–Trinajstić information content (AvgIpc) is 3.09. The fourth-order valence-corrected chi connectivity index (χ4v) is 2.99. The van der Waals surface area contributed by atoms with Gasteiger partial charge in [0.15, 0.2) is 0 Å². The average molecular weight is 330 g/mol. The zero-order valence-electron chi connectivity index (χ0n) is 13.5. The number of piperidine rings is 1. The Labute approximate surface area is 140 Å². The first-order valence-electron chi connectivity index (χ1n) is 8.29. The van der Waals surface area contributed by atoms with Gasteiger partial charge in [-0.3, -0.25) is 9.59 Å². The monoisotopic (exact) mass is 330 g/mol. The van der Waals surface area contributed by atoms with Gasteiger partial charge in [0.2, 0.25) is 5.91 Å². The highest BCUT2D eigenvalue weighted by molar-refractivity contribution is 5.93. The van der Waals surface area contributed by atoms with Crippen LogP contribution in [0.4, 0.5) is 0 Å². The molecule has 1 aliphatic heterocycles. The van der Waals surface area contributed by atoms with E-state index < -0.39 is 0 Å². The summed E-state index contributed by atoms with van der Waals surface area (Å²) in [6, 6.07) is 5.63. The van der Waals surface area contributed by atoms with E-state index in [-0.39, 0.29) is 24.3 Å². The van der Waals surface area contributed by atoms with Crippen LogP contribution in [0.1, 0.15) is 29.8 Å². The predicted octanol–water partition coefficient (Wildman–Crippen LogP) is 0.685. The van der Waals surface area contributed by atoms with Crippen LogP contribution in [-0.2, 0) is 4.79 Å². The Hall–Kier alpha value is -2.41. The van der Waals surface area contributed by atoms with E-state index in [9.17, 15) is 9.59 Å². The fraction of sp³-hybridized carbons (Fsp3) is 0.471. The Bertz CT molecular complexity index is 719. The Morgan fingerprint density at radius 3 is 2.88 bits per heavy atom. The number of rotatable bonds is 5. The second-order valence-electron chi connectivity index (χ2n) is 6.05. The maximum Gasteiger partial charge on any atom is 0.272 e. The molecule has 0 atom stereocenters. The van der Waals surface area contributed by atoms with Crippen molar-refractivity contribution < 1.29 is 14.7 Å². The number of aliphatic hydroxyl groups is 1. The van der Waals surface area contributed by atoms with Crippen molar-refractivity contribution in [3.05, 3.63) is 36.4 Å². The normalized spacial score (nSPS) is 15.6. The molecule has 7 heteroatoms. The molecule has 1 saturated heterocycles. The third-order valence-corrected chi connectivity index (χ3v) is 4.42. The molecule has 1 fully saturated rings. The first-order valence-corrected chi connectivity index (χ1v) is 8.29. The Morgan fingerprint density at radius 1 is 1.33 bits per heavy atom. The van der Waals surface area contributed by atoms with Gasteiger partial charge >= 0.3 is 0 Å². The van der Waals surface area contributed by atoms with E-state index >= 15 is 0 Å². The number of amides is 2. The van der Waals surface area contributed by atoms with Crippen LogP contribution in [0.5, 0.6) is 0 Å². The van der Waals surface area contributed by atoms with Gasteiger partial charge in [0, 0.05) is 43.9 Å². The Morgan fingerprint density at radius 2 is 2.12 bits per heavy atom. The zero-order chi connectivity index (χ0) is 16.9. The molecule has 0 unspecified atom stereocenters. The van der Waals surface area contributed by atoms with Crippen molar-refractivity contribution in [3.63, 3.8) is 0 Å². The first-order chi connectivity index (χ1) is 11.7. The van der Waals surface area contributed by atoms with Gasteiger partial charge in [-0.15, -0.1) is 0 Å². The topological polar surface area (TPSA) is 86.9 Å². The lowest BCUT2D eigenvalue weighted by atomic mass is 9.95. The summed E-state index contributed by atoms with van der Waals surface area (Å²) < 4.78 is 1.86. The molecule has 0 bridgehead atoms. The fourth-order valence-electron chi connectivity index (χ4n) is 2.99. The van der Waals surface area contributed by atoms with Crippen molar-refractivity contribution in [2.45, 2.75) is 19.3 Å². The van der Waals surface area contributed by atoms with E-state index in [1.54, 1.807) is 17.3 Å². The number of nitrogens with one attached hydrogen (secondary N) is 1. The number of carbonyl (C=O) groups excluding carboxylic acids is 2. The van der Waals surface area contributed by atoms with Gasteiger partial charge in [0.05, 0.1) is 6.33 Å². The van der Waals surface area contributed by atoms with Crippen molar-refractivity contribution in [1.29, 1.82) is 0 Å². The van der Waals surface area contributed by atoms with Crippen molar-refractivity contribution in [2.75, 3.05) is 26.2 Å². The van der Waals surface area contributed by atoms with E-state index in [0.717, 1.165) is 5.52 Å². The van der Waals surface area contributed by atoms with Crippen LogP contribution in [0.15, 0.2) is 30.7 Å². The lowest BCUT2D eigenvalue weighted by Gasteiger charge is -2.31. The van der Waals surface area contributed by atoms with Gasteiger partial charge in [-0.2, -0.15) is 0 Å². The van der Waals surface area contributed by atoms with Gasteiger partial charge < -0.3 is 19.7 Å². The number of likely N-dealkylation sites (tertiary alicyclic amines) is 1. The van der Waals surface area contributed by atoms with Gasteiger partial charge in [-0.1, -0.05) is 0 Å². The largest absolute Gasteiger partial charge is 0.396 e. The van der Waals surface area contributed by atoms with Crippen LogP contribution >= 0.6 is 0 Å². The summed E-state index contributed by atoms with van der Waals surface area (Å²) in [5.74, 6) is -0.130. The summed E-state index contributed by atoms with van der Waals surface area (Å²) in [5, 5.41) is 11.6. The molecule has 7 nitrogen and oxygen atoms in total. The maximum absolute atomic E-state index is 12.6. The third-order valence-electron chi connectivity index (χ3n) is 4.42. The summed E-state index contributed by atoms with van der Waals surface area (Å²) in [4.78, 5) is 30.6. The van der Waals surface area contributed by atoms with Crippen molar-refractivity contribution in [2.24, 2.45) is 5.92 Å². The van der Waals surface area contributed by atoms with Gasteiger partial charge in [-0.05, 0) is 37.5 Å². The minimum atomic E-state index is -0.0853. The number of carbonyl (C=O) groups is 2. The zero-order valence-corrected chi connectivity index (χ0v) is 13.5. The van der Waals surface area contributed by atoms with Gasteiger partial charge in [-0.25, -0.2) is 4.98 Å². The molecule has 0 spiro atoms. The smallest absolute Gasteiger partial charge is 0.272 e. The number of aliphatic hydroxyl groups excluding tert-OH is 1. The van der Waals surface area contributed by atoms with Crippen LogP contribution in [0.25, 0.3) is 5.52 Å². The Balaban J connectivity index is 1.55. The van der Waals surface area contributed by atoms with E-state index in [1.165, 1.54) is 0 Å². The molecule has 0 saturated carbocycles. The van der Waals surface area contributed by atoms with Crippen LogP contribution in [0.2, 0.25) is 0 Å². The maximum atomic E-state index is 12.6. The van der Waals surface area contributed by atoms with Crippen LogP contribution in [0.3, 0.4) is 0 Å². The molecule has 2 amide bonds. The molecule has 2 aromatic rings. The number of hydrogen-bond acceptors (Lipinski definition) is 4. The molecule has 0 aromatic carbocycles. The third kappa shape index (κ3) is 3.56. The van der Waals surface area contributed by atoms with Crippen LogP contribution < -0.4 is 5.32 Å². The molecule has 3 rings (SSSR count). The highest BCUT2D eigenvalue weighted by Gasteiger charge is 2.28. The van der Waals surface area contributed by atoms with Crippen molar-refractivity contribution in [1.82, 2.24) is 19.6 Å². The molecule has 1 aliphatic rings. The molecule has 3 heterocycles. The highest BCUT2D eigenvalue weighted by atomic mass is 16.3. The summed E-state index contributed by atoms with van der Waals surface area (Å²) in [6.45, 7) is 1.69. The number of hydrogen-bond donors (Lipinski definition) is 2. The van der Waals surface area contributed by atoms with Crippen LogP contribution in [0, 0.1) is 5.92 Å². The number of fused-ring (bicyclic) bond motifs is 1. The van der Waals surface area contributed by atoms with Crippen LogP contribution in [-0.4, -0.2) is 57.4 Å². The number of aromatic nitrogens is 2. The summed E-state index contributed by atoms with van der Waals surface area (Å²) in [7, 11) is 0. The molecule has 24 heavy (non-hydrogen) atoms. The minimum absolute atomic E-state index is 0.0169. The molecule has 2 N–H and O–H groups in total. The Kier molecular flexibility index (Phi) is 5.10. The van der Waals surface area contributed by atoms with Crippen molar-refractivity contribution in [3.8, 4) is 0 Å². The minimum Gasteiger partial charge on any atom is -0.396 e. The van der Waals surface area contributed by atoms with E-state index in [0.29, 0.717) is 44.6 Å². The molecular weight excluding hydrogens is 308 g/mol. The predicted molar refractivity (Wildman–Crippen MR) is 88.5 cm³/mol. The second kappa shape index (κ2) is 7.44. The summed E-state index contributed by atoms with van der Waals surface area (Å²) in [6.07, 6.45) is 5.41. The molecular formula is C17H22N4O3. The van der Waals surface area contributed by atoms with E-state index in [4.69, 9.17) is 5.11 Å². The summed E-state index contributed by atoms with van der Waals surface area (Å²) >= 11 is 0. The van der Waals surface area contributed by atoms with Gasteiger partial charge in [0.25, 0.3) is 5.91 Å². The highest BCUT2D eigenvalue weighted by Crippen LogP contribution is 2.19. The second-order valence-corrected chi connectivity index (χ2v) is 6.05. The lowest BCUT2D eigenvalue weighted by molar-refractivity contribution is -0.126.